The van der Waals surface area contributed by atoms with Crippen LogP contribution in [0.25, 0.3) is 0 Å². The van der Waals surface area contributed by atoms with Gasteiger partial charge in [0, 0.05) is 0 Å². The lowest BCUT2D eigenvalue weighted by Gasteiger charge is -2.07. The van der Waals surface area contributed by atoms with Gasteiger partial charge in [-0.25, -0.2) is 9.79 Å². The fraction of sp³-hybridized carbons (Fsp3) is 0.364. The molecule has 1 aromatic carbocycles. The molecule has 0 saturated heterocycles. The third kappa shape index (κ3) is 3.04. The molecule has 0 aliphatic heterocycles. The van der Waals surface area contributed by atoms with E-state index in [4.69, 9.17) is 4.74 Å². The molecule has 0 N–H and O–H groups in total. The molecule has 0 amide bonds. The van der Waals surface area contributed by atoms with Crippen molar-refractivity contribution in [2.24, 2.45) is 4.99 Å². The molecule has 0 aliphatic rings. The molecule has 74 valence electrons. The monoisotopic (exact) mass is 191 g/mol. The van der Waals surface area contributed by atoms with Crippen molar-refractivity contribution in [1.82, 2.24) is 0 Å². The second-order valence-corrected chi connectivity index (χ2v) is 3.09. The fourth-order valence-electron chi connectivity index (χ4n) is 1.21. The van der Waals surface area contributed by atoms with Crippen LogP contribution in [0, 0.1) is 13.8 Å². The topological polar surface area (TPSA) is 38.7 Å². The van der Waals surface area contributed by atoms with Crippen LogP contribution in [-0.2, 0) is 4.79 Å². The number of rotatable bonds is 4. The number of carbonyl (C=O) groups excluding carboxylic acids is 1. The van der Waals surface area contributed by atoms with Crippen LogP contribution in [0.1, 0.15) is 11.1 Å². The Morgan fingerprint density at radius 3 is 2.86 bits per heavy atom. The van der Waals surface area contributed by atoms with Crippen molar-refractivity contribution < 1.29 is 9.53 Å². The van der Waals surface area contributed by atoms with Gasteiger partial charge in [-0.2, -0.15) is 0 Å². The van der Waals surface area contributed by atoms with Gasteiger partial charge in [0.15, 0.2) is 0 Å². The second-order valence-electron chi connectivity index (χ2n) is 3.09. The minimum atomic E-state index is 0.358. The number of benzene rings is 1. The first-order chi connectivity index (χ1) is 6.74. The average Bonchev–Trinajstić information content (AvgIpc) is 2.15. The number of nitrogens with zero attached hydrogens (tertiary/aromatic N) is 1. The predicted octanol–water partition coefficient (Wildman–Crippen LogP) is 2.02. The van der Waals surface area contributed by atoms with Gasteiger partial charge in [0.05, 0.1) is 6.54 Å². The van der Waals surface area contributed by atoms with Gasteiger partial charge in [-0.05, 0) is 25.5 Å². The van der Waals surface area contributed by atoms with E-state index < -0.39 is 0 Å². The lowest BCUT2D eigenvalue weighted by molar-refractivity contribution is 0.326. The van der Waals surface area contributed by atoms with Crippen LogP contribution in [0.5, 0.6) is 5.75 Å². The zero-order valence-electron chi connectivity index (χ0n) is 8.41. The van der Waals surface area contributed by atoms with Gasteiger partial charge in [-0.15, -0.1) is 0 Å². The second kappa shape index (κ2) is 5.20. The molecule has 0 aromatic heterocycles. The summed E-state index contributed by atoms with van der Waals surface area (Å²) in [6, 6.07) is 5.97. The summed E-state index contributed by atoms with van der Waals surface area (Å²) in [4.78, 5) is 13.2. The van der Waals surface area contributed by atoms with E-state index in [9.17, 15) is 4.79 Å². The van der Waals surface area contributed by atoms with Gasteiger partial charge in [-0.1, -0.05) is 17.7 Å². The summed E-state index contributed by atoms with van der Waals surface area (Å²) in [5, 5.41) is 0. The summed E-state index contributed by atoms with van der Waals surface area (Å²) in [6.07, 6.45) is 1.47. The van der Waals surface area contributed by atoms with E-state index in [1.54, 1.807) is 0 Å². The van der Waals surface area contributed by atoms with Gasteiger partial charge in [0.25, 0.3) is 0 Å². The molecule has 14 heavy (non-hydrogen) atoms. The SMILES string of the molecule is Cc1ccc(OCCN=C=O)c(C)c1. The van der Waals surface area contributed by atoms with Crippen LogP contribution < -0.4 is 4.74 Å². The molecule has 0 aliphatic carbocycles. The highest BCUT2D eigenvalue weighted by atomic mass is 16.5. The van der Waals surface area contributed by atoms with Crippen molar-refractivity contribution in [2.75, 3.05) is 13.2 Å². The Balaban J connectivity index is 2.54. The van der Waals surface area contributed by atoms with Gasteiger partial charge >= 0.3 is 0 Å². The van der Waals surface area contributed by atoms with Gasteiger partial charge in [-0.3, -0.25) is 0 Å². The number of ether oxygens (including phenoxy) is 1. The van der Waals surface area contributed by atoms with Crippen molar-refractivity contribution in [3.63, 3.8) is 0 Å². The maximum atomic E-state index is 9.78. The summed E-state index contributed by atoms with van der Waals surface area (Å²) in [7, 11) is 0. The molecule has 3 nitrogen and oxygen atoms in total. The number of isocyanates is 1. The van der Waals surface area contributed by atoms with Gasteiger partial charge in [0.1, 0.15) is 12.4 Å². The lowest BCUT2D eigenvalue weighted by atomic mass is 10.1. The highest BCUT2D eigenvalue weighted by Gasteiger charge is 1.98. The van der Waals surface area contributed by atoms with Crippen LogP contribution in [0.3, 0.4) is 0 Å². The van der Waals surface area contributed by atoms with E-state index in [1.165, 1.54) is 11.6 Å². The molecule has 1 rings (SSSR count). The molecule has 0 heterocycles. The predicted molar refractivity (Wildman–Crippen MR) is 54.4 cm³/mol. The van der Waals surface area contributed by atoms with Crippen LogP contribution in [-0.4, -0.2) is 19.2 Å². The zero-order chi connectivity index (χ0) is 10.4. The normalized spacial score (nSPS) is 9.29. The Bertz CT molecular complexity index is 354. The Hall–Kier alpha value is -1.60. The van der Waals surface area contributed by atoms with E-state index in [-0.39, 0.29) is 0 Å². The standard InChI is InChI=1S/C11H13NO2/c1-9-3-4-11(10(2)7-9)14-6-5-12-8-13/h3-4,7H,5-6H2,1-2H3. The third-order valence-corrected chi connectivity index (χ3v) is 1.86. The van der Waals surface area contributed by atoms with Crippen molar-refractivity contribution in [2.45, 2.75) is 13.8 Å². The number of hydrogen-bond acceptors (Lipinski definition) is 3. The minimum absolute atomic E-state index is 0.358. The summed E-state index contributed by atoms with van der Waals surface area (Å²) in [6.45, 7) is 4.80. The molecular weight excluding hydrogens is 178 g/mol. The summed E-state index contributed by atoms with van der Waals surface area (Å²) >= 11 is 0. The smallest absolute Gasteiger partial charge is 0.235 e. The molecule has 0 radical (unpaired) electrons. The minimum Gasteiger partial charge on any atom is -0.491 e. The number of aliphatic imine (C=N–C) groups is 1. The first-order valence-electron chi connectivity index (χ1n) is 4.47. The molecule has 1 aromatic rings. The zero-order valence-corrected chi connectivity index (χ0v) is 8.41. The Morgan fingerprint density at radius 2 is 2.21 bits per heavy atom. The molecule has 0 bridgehead atoms. The van der Waals surface area contributed by atoms with Crippen LogP contribution in [0.4, 0.5) is 0 Å². The molecule has 0 atom stereocenters. The highest BCUT2D eigenvalue weighted by Crippen LogP contribution is 2.18. The van der Waals surface area contributed by atoms with Crippen LogP contribution >= 0.6 is 0 Å². The van der Waals surface area contributed by atoms with E-state index in [0.717, 1.165) is 11.3 Å². The third-order valence-electron chi connectivity index (χ3n) is 1.86. The highest BCUT2D eigenvalue weighted by molar-refractivity contribution is 5.35. The maximum Gasteiger partial charge on any atom is 0.235 e. The largest absolute Gasteiger partial charge is 0.491 e. The summed E-state index contributed by atoms with van der Waals surface area (Å²) < 4.78 is 5.42. The Kier molecular flexibility index (Phi) is 3.89. The van der Waals surface area contributed by atoms with Crippen LogP contribution in [0.15, 0.2) is 23.2 Å². The van der Waals surface area contributed by atoms with Gasteiger partial charge in [0.2, 0.25) is 6.08 Å². The van der Waals surface area contributed by atoms with Crippen molar-refractivity contribution in [3.05, 3.63) is 29.3 Å². The average molecular weight is 191 g/mol. The quantitative estimate of drug-likeness (QED) is 0.415. The van der Waals surface area contributed by atoms with E-state index >= 15 is 0 Å². The maximum absolute atomic E-state index is 9.78. The fourth-order valence-corrected chi connectivity index (χ4v) is 1.21. The summed E-state index contributed by atoms with van der Waals surface area (Å²) in [5.74, 6) is 0.844. The molecule has 0 saturated carbocycles. The van der Waals surface area contributed by atoms with E-state index in [2.05, 4.69) is 11.1 Å². The molecule has 0 spiro atoms. The molecule has 3 heteroatoms. The van der Waals surface area contributed by atoms with Crippen LogP contribution in [0.2, 0.25) is 0 Å². The van der Waals surface area contributed by atoms with Gasteiger partial charge < -0.3 is 4.74 Å². The number of hydrogen-bond donors (Lipinski definition) is 0. The molecule has 0 fully saturated rings. The lowest BCUT2D eigenvalue weighted by Crippen LogP contribution is -2.01. The molecular formula is C11H13NO2. The van der Waals surface area contributed by atoms with E-state index in [0.29, 0.717) is 13.2 Å². The van der Waals surface area contributed by atoms with E-state index in [1.807, 2.05) is 26.0 Å². The van der Waals surface area contributed by atoms with Crippen molar-refractivity contribution in [1.29, 1.82) is 0 Å². The first-order valence-corrected chi connectivity index (χ1v) is 4.47. The molecule has 0 unspecified atom stereocenters. The van der Waals surface area contributed by atoms with Crippen molar-refractivity contribution >= 4 is 6.08 Å². The Labute approximate surface area is 83.4 Å². The number of aryl methyl sites for hydroxylation is 2. The Morgan fingerprint density at radius 1 is 1.43 bits per heavy atom. The first kappa shape index (κ1) is 10.5. The summed E-state index contributed by atoms with van der Waals surface area (Å²) in [5.41, 5.74) is 2.31. The van der Waals surface area contributed by atoms with Crippen molar-refractivity contribution in [3.8, 4) is 5.75 Å².